The van der Waals surface area contributed by atoms with Crippen LogP contribution in [0.4, 0.5) is 9.18 Å². The number of nitrogens with one attached hydrogen (secondary N) is 1. The van der Waals surface area contributed by atoms with Crippen LogP contribution in [0.2, 0.25) is 5.82 Å². The average Bonchev–Trinajstić information content (AvgIpc) is 3.07. The molecule has 0 unspecified atom stereocenters. The third-order valence-electron chi connectivity index (χ3n) is 7.73. The Morgan fingerprint density at radius 3 is 2.65 bits per heavy atom. The van der Waals surface area contributed by atoms with Crippen molar-refractivity contribution >= 4 is 32.0 Å². The minimum absolute atomic E-state index is 0.0295. The van der Waals surface area contributed by atoms with Gasteiger partial charge in [-0.15, -0.1) is 0 Å². The number of ether oxygens (including phenoxy) is 2. The predicted octanol–water partition coefficient (Wildman–Crippen LogP) is 0.639. The zero-order valence-electron chi connectivity index (χ0n) is 21.0. The lowest BCUT2D eigenvalue weighted by molar-refractivity contribution is -0.0108. The highest BCUT2D eigenvalue weighted by Crippen LogP contribution is 2.44. The van der Waals surface area contributed by atoms with E-state index in [1.165, 1.54) is 27.3 Å². The van der Waals surface area contributed by atoms with Crippen LogP contribution in [0.1, 0.15) is 38.2 Å². The van der Waals surface area contributed by atoms with E-state index in [1.54, 1.807) is 17.0 Å². The highest BCUT2D eigenvalue weighted by molar-refractivity contribution is 7.87. The Morgan fingerprint density at radius 1 is 1.35 bits per heavy atom. The fraction of sp³-hybridized carbons (Fsp3) is 0.682. The van der Waals surface area contributed by atoms with Gasteiger partial charge in [0.05, 0.1) is 25.9 Å². The number of carbonyl (C=O) groups excluding carboxylic acids is 1. The van der Waals surface area contributed by atoms with Crippen molar-refractivity contribution in [3.8, 4) is 0 Å². The first-order valence-electron chi connectivity index (χ1n) is 11.8. The van der Waals surface area contributed by atoms with E-state index < -0.39 is 28.4 Å². The number of hydrogen-bond donors (Lipinski definition) is 1. The molecule has 0 spiro atoms. The Hall–Kier alpha value is -1.62. The topological polar surface area (TPSA) is 88.2 Å². The molecule has 0 bridgehead atoms. The number of rotatable bonds is 7. The van der Waals surface area contributed by atoms with Crippen LogP contribution in [-0.4, -0.2) is 91.5 Å². The number of nitrogens with zero attached hydrogens (tertiary/aromatic N) is 2. The Kier molecular flexibility index (Phi) is 8.37. The fourth-order valence-corrected chi connectivity index (χ4v) is 6.18. The van der Waals surface area contributed by atoms with Crippen LogP contribution in [0.5, 0.6) is 0 Å². The third kappa shape index (κ3) is 5.61. The third-order valence-corrected chi connectivity index (χ3v) is 9.30. The van der Waals surface area contributed by atoms with Gasteiger partial charge >= 0.3 is 6.09 Å². The Labute approximate surface area is 204 Å². The van der Waals surface area contributed by atoms with E-state index >= 15 is 0 Å². The molecule has 2 fully saturated rings. The second-order valence-corrected chi connectivity index (χ2v) is 12.0. The van der Waals surface area contributed by atoms with E-state index in [1.807, 2.05) is 13.0 Å². The summed E-state index contributed by atoms with van der Waals surface area (Å²) in [5.74, 6) is 0.0316. The molecule has 188 valence electrons. The molecule has 1 saturated carbocycles. The minimum Gasteiger partial charge on any atom is -0.453 e. The zero-order valence-corrected chi connectivity index (χ0v) is 21.8. The Morgan fingerprint density at radius 2 is 2.06 bits per heavy atom. The Balaban J connectivity index is 1.70. The number of likely N-dealkylation sites (tertiary alicyclic amines) is 1. The molecule has 6 atom stereocenters. The molecule has 1 N–H and O–H groups in total. The van der Waals surface area contributed by atoms with Gasteiger partial charge in [0.25, 0.3) is 10.2 Å². The van der Waals surface area contributed by atoms with E-state index in [0.717, 1.165) is 29.1 Å². The van der Waals surface area contributed by atoms with Crippen LogP contribution in [0.3, 0.4) is 0 Å². The molecule has 1 saturated heterocycles. The molecule has 1 aliphatic heterocycles. The molecule has 0 aromatic heterocycles. The zero-order chi connectivity index (χ0) is 25.3. The fourth-order valence-electron chi connectivity index (χ4n) is 5.34. The molecule has 12 heteroatoms. The van der Waals surface area contributed by atoms with Crippen LogP contribution in [0, 0.1) is 5.82 Å². The molecule has 0 radical (unpaired) electrons. The molecule has 2 aliphatic rings. The normalized spacial score (nSPS) is 32.2. The summed E-state index contributed by atoms with van der Waals surface area (Å²) in [6.07, 6.45) is 2.38. The van der Waals surface area contributed by atoms with Gasteiger partial charge in [0.15, 0.2) is 0 Å². The van der Waals surface area contributed by atoms with Crippen LogP contribution >= 0.6 is 0 Å². The number of amides is 1. The van der Waals surface area contributed by atoms with Crippen molar-refractivity contribution in [2.24, 2.45) is 0 Å². The van der Waals surface area contributed by atoms with Gasteiger partial charge in [-0.05, 0) is 55.6 Å². The number of hydrogen-bond acceptors (Lipinski definition) is 5. The predicted molar refractivity (Wildman–Crippen MR) is 134 cm³/mol. The van der Waals surface area contributed by atoms with Crippen molar-refractivity contribution in [1.29, 1.82) is 0 Å². The summed E-state index contributed by atoms with van der Waals surface area (Å²) >= 11 is 0. The lowest BCUT2D eigenvalue weighted by atomic mass is 9.46. The average molecular weight is 495 g/mol. The first-order chi connectivity index (χ1) is 15.9. The molecule has 1 aromatic carbocycles. The van der Waals surface area contributed by atoms with E-state index in [-0.39, 0.29) is 35.7 Å². The summed E-state index contributed by atoms with van der Waals surface area (Å²) in [6.45, 7) is 2.08. The SMILES string of the molecule is B[C@@H]1C[C@@H](OC[C@H]2[C@@H](NS(=O)(=O)N(C)C)C[C@@H](C)N2C(=O)OC)CC[C@@]1(B)c1cccc(F)c1. The monoisotopic (exact) mass is 495 g/mol. The van der Waals surface area contributed by atoms with Gasteiger partial charge in [-0.1, -0.05) is 17.9 Å². The second-order valence-electron chi connectivity index (χ2n) is 10.1. The van der Waals surface area contributed by atoms with Crippen LogP contribution in [-0.2, 0) is 25.0 Å². The maximum atomic E-state index is 13.8. The van der Waals surface area contributed by atoms with Gasteiger partial charge in [-0.3, -0.25) is 4.90 Å². The molecular weight excluding hydrogens is 459 g/mol. The van der Waals surface area contributed by atoms with Gasteiger partial charge in [0, 0.05) is 26.2 Å². The summed E-state index contributed by atoms with van der Waals surface area (Å²) in [5.41, 5.74) is 0.998. The lowest BCUT2D eigenvalue weighted by Crippen LogP contribution is -2.52. The summed E-state index contributed by atoms with van der Waals surface area (Å²) in [7, 11) is 4.90. The van der Waals surface area contributed by atoms with E-state index in [4.69, 9.17) is 9.47 Å². The quantitative estimate of drug-likeness (QED) is 0.562. The van der Waals surface area contributed by atoms with Crippen molar-refractivity contribution in [2.45, 2.75) is 68.0 Å². The molecular formula is C22H36B2FN3O5S. The van der Waals surface area contributed by atoms with Crippen molar-refractivity contribution in [2.75, 3.05) is 27.8 Å². The molecule has 1 amide bonds. The van der Waals surface area contributed by atoms with E-state index in [9.17, 15) is 17.6 Å². The maximum absolute atomic E-state index is 13.8. The molecule has 1 aliphatic carbocycles. The van der Waals surface area contributed by atoms with Crippen molar-refractivity contribution in [1.82, 2.24) is 13.9 Å². The highest BCUT2D eigenvalue weighted by Gasteiger charge is 2.45. The van der Waals surface area contributed by atoms with Crippen molar-refractivity contribution in [3.63, 3.8) is 0 Å². The molecule has 34 heavy (non-hydrogen) atoms. The van der Waals surface area contributed by atoms with Crippen molar-refractivity contribution < 1.29 is 27.1 Å². The highest BCUT2D eigenvalue weighted by atomic mass is 32.2. The number of benzene rings is 1. The summed E-state index contributed by atoms with van der Waals surface area (Å²) in [6, 6.07) is 5.65. The largest absolute Gasteiger partial charge is 0.453 e. The molecule has 3 rings (SSSR count). The molecule has 1 aromatic rings. The van der Waals surface area contributed by atoms with Gasteiger partial charge in [-0.25, -0.2) is 9.18 Å². The standard InChI is InChI=1S/C22H36B2FN3O5S/c1-14-10-18(26-34(30,31)27(2)3)19(28(14)21(29)32-4)13-33-17-8-9-22(24,20(23)12-17)15-6-5-7-16(25)11-15/h5-7,11,14,17-20,26H,8-10,12-13,23-24H2,1-4H3/t14-,17+,18+,19+,20-,22-/m1/s1. The maximum Gasteiger partial charge on any atom is 0.410 e. The summed E-state index contributed by atoms with van der Waals surface area (Å²) in [5, 5.41) is -0.147. The number of carbonyl (C=O) groups is 1. The second kappa shape index (κ2) is 10.6. The number of halogens is 1. The van der Waals surface area contributed by atoms with Gasteiger partial charge < -0.3 is 9.47 Å². The van der Waals surface area contributed by atoms with E-state index in [0.29, 0.717) is 6.42 Å². The smallest absolute Gasteiger partial charge is 0.410 e. The first kappa shape index (κ1) is 27.0. The van der Waals surface area contributed by atoms with Gasteiger partial charge in [-0.2, -0.15) is 17.4 Å². The van der Waals surface area contributed by atoms with Crippen molar-refractivity contribution in [3.05, 3.63) is 35.6 Å². The first-order valence-corrected chi connectivity index (χ1v) is 13.3. The Bertz CT molecular complexity index is 985. The van der Waals surface area contributed by atoms with Crippen LogP contribution in [0.25, 0.3) is 0 Å². The molecule has 1 heterocycles. The minimum atomic E-state index is -3.68. The van der Waals surface area contributed by atoms with Gasteiger partial charge in [0.1, 0.15) is 21.5 Å². The van der Waals surface area contributed by atoms with E-state index in [2.05, 4.69) is 20.4 Å². The summed E-state index contributed by atoms with van der Waals surface area (Å²) in [4.78, 5) is 14.1. The van der Waals surface area contributed by atoms with Gasteiger partial charge in [0.2, 0.25) is 0 Å². The van der Waals surface area contributed by atoms with Crippen LogP contribution in [0.15, 0.2) is 24.3 Å². The number of methoxy groups -OCH3 is 1. The lowest BCUT2D eigenvalue weighted by Gasteiger charge is -2.44. The van der Waals surface area contributed by atoms with Crippen LogP contribution < -0.4 is 4.72 Å². The summed E-state index contributed by atoms with van der Waals surface area (Å²) < 4.78 is 53.9. The molecule has 8 nitrogen and oxygen atoms in total.